The average molecular weight is 396 g/mol. The SMILES string of the molecule is FC(F)(F)c1cc(-c2ccccc2)nc(SCc2cccc3ccccc23)n1. The molecule has 0 unspecified atom stereocenters. The smallest absolute Gasteiger partial charge is 0.222 e. The molecule has 0 saturated carbocycles. The molecule has 0 N–H and O–H groups in total. The van der Waals surface area contributed by atoms with Gasteiger partial charge in [-0.05, 0) is 22.4 Å². The number of halogens is 3. The van der Waals surface area contributed by atoms with E-state index in [1.165, 1.54) is 11.8 Å². The maximum atomic E-state index is 13.3. The molecule has 6 heteroatoms. The summed E-state index contributed by atoms with van der Waals surface area (Å²) in [6.07, 6.45) is -4.53. The summed E-state index contributed by atoms with van der Waals surface area (Å²) < 4.78 is 40.0. The summed E-state index contributed by atoms with van der Waals surface area (Å²) in [7, 11) is 0. The van der Waals surface area contributed by atoms with Crippen LogP contribution in [0.25, 0.3) is 22.0 Å². The van der Waals surface area contributed by atoms with Crippen LogP contribution in [0.2, 0.25) is 0 Å². The van der Waals surface area contributed by atoms with E-state index in [1.807, 2.05) is 48.5 Å². The second-order valence-corrected chi connectivity index (χ2v) is 7.15. The van der Waals surface area contributed by atoms with Crippen molar-refractivity contribution >= 4 is 22.5 Å². The molecule has 0 aliphatic carbocycles. The van der Waals surface area contributed by atoms with Crippen molar-refractivity contribution in [2.45, 2.75) is 17.1 Å². The van der Waals surface area contributed by atoms with Crippen LogP contribution >= 0.6 is 11.8 Å². The fraction of sp³-hybridized carbons (Fsp3) is 0.0909. The molecule has 0 saturated heterocycles. The van der Waals surface area contributed by atoms with Gasteiger partial charge >= 0.3 is 6.18 Å². The number of hydrogen-bond acceptors (Lipinski definition) is 3. The third-order valence-corrected chi connectivity index (χ3v) is 5.20. The van der Waals surface area contributed by atoms with Crippen molar-refractivity contribution in [1.29, 1.82) is 0 Å². The Morgan fingerprint density at radius 2 is 1.50 bits per heavy atom. The molecule has 0 aliphatic heterocycles. The van der Waals surface area contributed by atoms with E-state index in [1.54, 1.807) is 24.3 Å². The van der Waals surface area contributed by atoms with E-state index in [0.29, 0.717) is 11.3 Å². The minimum absolute atomic E-state index is 0.113. The van der Waals surface area contributed by atoms with Crippen LogP contribution in [0.1, 0.15) is 11.3 Å². The zero-order valence-corrected chi connectivity index (χ0v) is 15.5. The fourth-order valence-electron chi connectivity index (χ4n) is 2.95. The second kappa shape index (κ2) is 7.64. The van der Waals surface area contributed by atoms with Gasteiger partial charge in [0.05, 0.1) is 5.69 Å². The number of benzene rings is 3. The Balaban J connectivity index is 1.69. The van der Waals surface area contributed by atoms with Gasteiger partial charge in [-0.15, -0.1) is 0 Å². The van der Waals surface area contributed by atoms with Crippen molar-refractivity contribution in [2.24, 2.45) is 0 Å². The zero-order chi connectivity index (χ0) is 19.6. The standard InChI is InChI=1S/C22H15F3N2S/c23-22(24,25)20-13-19(16-8-2-1-3-9-16)26-21(27-20)28-14-17-11-6-10-15-7-4-5-12-18(15)17/h1-13H,14H2. The maximum absolute atomic E-state index is 13.3. The van der Waals surface area contributed by atoms with Crippen LogP contribution in [0.4, 0.5) is 13.2 Å². The van der Waals surface area contributed by atoms with Crippen LogP contribution in [-0.2, 0) is 11.9 Å². The van der Waals surface area contributed by atoms with Crippen molar-refractivity contribution in [3.05, 3.63) is 90.1 Å². The minimum Gasteiger partial charge on any atom is -0.222 e. The molecule has 4 aromatic rings. The molecule has 2 nitrogen and oxygen atoms in total. The van der Waals surface area contributed by atoms with Crippen molar-refractivity contribution < 1.29 is 13.2 Å². The number of rotatable bonds is 4. The summed E-state index contributed by atoms with van der Waals surface area (Å²) in [6.45, 7) is 0. The Kier molecular flexibility index (Phi) is 5.05. The van der Waals surface area contributed by atoms with E-state index in [9.17, 15) is 13.2 Å². The van der Waals surface area contributed by atoms with E-state index in [0.717, 1.165) is 22.4 Å². The molecule has 0 fully saturated rings. The first-order valence-corrected chi connectivity index (χ1v) is 9.60. The molecule has 0 atom stereocenters. The van der Waals surface area contributed by atoms with Gasteiger partial charge in [-0.25, -0.2) is 9.97 Å². The van der Waals surface area contributed by atoms with Crippen LogP contribution in [-0.4, -0.2) is 9.97 Å². The van der Waals surface area contributed by atoms with Gasteiger partial charge in [-0.3, -0.25) is 0 Å². The molecular weight excluding hydrogens is 381 g/mol. The van der Waals surface area contributed by atoms with Gasteiger partial charge in [0.15, 0.2) is 5.16 Å². The summed E-state index contributed by atoms with van der Waals surface area (Å²) in [6, 6.07) is 23.7. The topological polar surface area (TPSA) is 25.8 Å². The highest BCUT2D eigenvalue weighted by atomic mass is 32.2. The monoisotopic (exact) mass is 396 g/mol. The highest BCUT2D eigenvalue weighted by molar-refractivity contribution is 7.98. The molecule has 0 amide bonds. The largest absolute Gasteiger partial charge is 0.433 e. The highest BCUT2D eigenvalue weighted by Crippen LogP contribution is 2.33. The molecule has 0 radical (unpaired) electrons. The minimum atomic E-state index is -4.53. The lowest BCUT2D eigenvalue weighted by Crippen LogP contribution is -2.10. The molecule has 0 bridgehead atoms. The van der Waals surface area contributed by atoms with Crippen LogP contribution < -0.4 is 0 Å². The van der Waals surface area contributed by atoms with Gasteiger partial charge < -0.3 is 0 Å². The maximum Gasteiger partial charge on any atom is 0.433 e. The summed E-state index contributed by atoms with van der Waals surface area (Å²) in [5.41, 5.74) is 0.998. The summed E-state index contributed by atoms with van der Waals surface area (Å²) in [5, 5.41) is 2.28. The van der Waals surface area contributed by atoms with Crippen LogP contribution in [0.5, 0.6) is 0 Å². The average Bonchev–Trinajstić information content (AvgIpc) is 2.72. The van der Waals surface area contributed by atoms with Gasteiger partial charge in [0.25, 0.3) is 0 Å². The molecule has 1 aromatic heterocycles. The first kappa shape index (κ1) is 18.5. The number of aromatic nitrogens is 2. The molecule has 4 rings (SSSR count). The fourth-order valence-corrected chi connectivity index (χ4v) is 3.81. The number of fused-ring (bicyclic) bond motifs is 1. The summed E-state index contributed by atoms with van der Waals surface area (Å²) >= 11 is 1.21. The second-order valence-electron chi connectivity index (χ2n) is 6.21. The van der Waals surface area contributed by atoms with E-state index in [-0.39, 0.29) is 10.9 Å². The van der Waals surface area contributed by atoms with Gasteiger partial charge in [0, 0.05) is 11.3 Å². The Morgan fingerprint density at radius 3 is 2.29 bits per heavy atom. The van der Waals surface area contributed by atoms with Crippen molar-refractivity contribution in [3.63, 3.8) is 0 Å². The number of hydrogen-bond donors (Lipinski definition) is 0. The van der Waals surface area contributed by atoms with Crippen LogP contribution in [0.3, 0.4) is 0 Å². The molecule has 0 aliphatic rings. The first-order chi connectivity index (χ1) is 13.5. The predicted molar refractivity (Wildman–Crippen MR) is 106 cm³/mol. The van der Waals surface area contributed by atoms with Crippen LogP contribution in [0.15, 0.2) is 84.0 Å². The predicted octanol–water partition coefficient (Wildman–Crippen LogP) is 6.61. The number of thioether (sulfide) groups is 1. The lowest BCUT2D eigenvalue weighted by Gasteiger charge is -2.11. The molecule has 140 valence electrons. The van der Waals surface area contributed by atoms with E-state index < -0.39 is 11.9 Å². The Bertz CT molecular complexity index is 1110. The molecule has 28 heavy (non-hydrogen) atoms. The van der Waals surface area contributed by atoms with Gasteiger partial charge in [0.1, 0.15) is 5.69 Å². The van der Waals surface area contributed by atoms with E-state index in [4.69, 9.17) is 0 Å². The van der Waals surface area contributed by atoms with Gasteiger partial charge in [0.2, 0.25) is 0 Å². The Labute approximate surface area is 164 Å². The van der Waals surface area contributed by atoms with Gasteiger partial charge in [-0.2, -0.15) is 13.2 Å². The quantitative estimate of drug-likeness (QED) is 0.287. The normalized spacial score (nSPS) is 11.7. The Hall–Kier alpha value is -2.86. The number of nitrogens with zero attached hydrogens (tertiary/aromatic N) is 2. The van der Waals surface area contributed by atoms with Crippen molar-refractivity contribution in [3.8, 4) is 11.3 Å². The van der Waals surface area contributed by atoms with Crippen LogP contribution in [0, 0.1) is 0 Å². The first-order valence-electron chi connectivity index (χ1n) is 8.62. The molecule has 0 spiro atoms. The van der Waals surface area contributed by atoms with E-state index >= 15 is 0 Å². The highest BCUT2D eigenvalue weighted by Gasteiger charge is 2.33. The van der Waals surface area contributed by atoms with Gasteiger partial charge in [-0.1, -0.05) is 84.6 Å². The summed E-state index contributed by atoms with van der Waals surface area (Å²) in [5.74, 6) is 0.483. The molecule has 1 heterocycles. The lowest BCUT2D eigenvalue weighted by atomic mass is 10.1. The Morgan fingerprint density at radius 1 is 0.786 bits per heavy atom. The number of alkyl halides is 3. The zero-order valence-electron chi connectivity index (χ0n) is 14.6. The third-order valence-electron chi connectivity index (χ3n) is 4.30. The van der Waals surface area contributed by atoms with Crippen molar-refractivity contribution in [2.75, 3.05) is 0 Å². The van der Waals surface area contributed by atoms with Crippen molar-refractivity contribution in [1.82, 2.24) is 9.97 Å². The molecular formula is C22H15F3N2S. The third kappa shape index (κ3) is 4.02. The lowest BCUT2D eigenvalue weighted by molar-refractivity contribution is -0.141. The van der Waals surface area contributed by atoms with E-state index in [2.05, 4.69) is 9.97 Å². The molecule has 3 aromatic carbocycles. The summed E-state index contributed by atoms with van der Waals surface area (Å²) in [4.78, 5) is 8.12.